The first-order chi connectivity index (χ1) is 8.90. The number of aliphatic hydroxyl groups excluding tert-OH is 1. The summed E-state index contributed by atoms with van der Waals surface area (Å²) in [6.07, 6.45) is -0.963. The first kappa shape index (κ1) is 13.3. The van der Waals surface area contributed by atoms with Crippen LogP contribution in [0.1, 0.15) is 6.42 Å². The molecular formula is C10H13N3O6. The maximum atomic E-state index is 11.9. The number of imide groups is 1. The van der Waals surface area contributed by atoms with Crippen molar-refractivity contribution in [1.29, 1.82) is 0 Å². The van der Waals surface area contributed by atoms with Crippen LogP contribution in [-0.2, 0) is 14.4 Å². The summed E-state index contributed by atoms with van der Waals surface area (Å²) in [4.78, 5) is 47.2. The molecule has 9 nitrogen and oxygen atoms in total. The Bertz CT molecular complexity index is 435. The van der Waals surface area contributed by atoms with Gasteiger partial charge in [-0.25, -0.2) is 9.59 Å². The second-order valence-corrected chi connectivity index (χ2v) is 4.43. The number of carboxylic acids is 1. The number of aliphatic hydroxyl groups is 1. The minimum atomic E-state index is -1.22. The fourth-order valence-electron chi connectivity index (χ4n) is 2.16. The van der Waals surface area contributed by atoms with Crippen LogP contribution in [0.5, 0.6) is 0 Å². The molecule has 0 saturated carbocycles. The summed E-state index contributed by atoms with van der Waals surface area (Å²) in [5.41, 5.74) is 0. The van der Waals surface area contributed by atoms with E-state index in [1.807, 2.05) is 0 Å². The van der Waals surface area contributed by atoms with E-state index in [-0.39, 0.29) is 19.5 Å². The third kappa shape index (κ3) is 2.50. The van der Waals surface area contributed by atoms with Crippen LogP contribution in [0.2, 0.25) is 0 Å². The third-order valence-corrected chi connectivity index (χ3v) is 3.11. The fourth-order valence-corrected chi connectivity index (χ4v) is 2.16. The molecule has 9 heteroatoms. The van der Waals surface area contributed by atoms with Crippen molar-refractivity contribution in [3.63, 3.8) is 0 Å². The van der Waals surface area contributed by atoms with Crippen LogP contribution < -0.4 is 5.32 Å². The maximum absolute atomic E-state index is 11.9. The molecule has 4 amide bonds. The van der Waals surface area contributed by atoms with Gasteiger partial charge in [0.2, 0.25) is 5.91 Å². The monoisotopic (exact) mass is 271 g/mol. The molecule has 2 rings (SSSR count). The molecule has 2 aliphatic rings. The van der Waals surface area contributed by atoms with Crippen LogP contribution in [0.4, 0.5) is 4.79 Å². The van der Waals surface area contributed by atoms with Crippen molar-refractivity contribution >= 4 is 23.8 Å². The first-order valence-electron chi connectivity index (χ1n) is 5.68. The molecule has 0 radical (unpaired) electrons. The van der Waals surface area contributed by atoms with Gasteiger partial charge in [-0.15, -0.1) is 0 Å². The van der Waals surface area contributed by atoms with Gasteiger partial charge in [0.1, 0.15) is 12.6 Å². The zero-order valence-electron chi connectivity index (χ0n) is 9.90. The average molecular weight is 271 g/mol. The van der Waals surface area contributed by atoms with E-state index in [0.29, 0.717) is 0 Å². The number of rotatable bonds is 3. The largest absolute Gasteiger partial charge is 0.480 e. The topological polar surface area (TPSA) is 127 Å². The van der Waals surface area contributed by atoms with Gasteiger partial charge in [0.05, 0.1) is 12.6 Å². The highest BCUT2D eigenvalue weighted by Gasteiger charge is 2.40. The number of carboxylic acid groups (broad SMARTS) is 1. The van der Waals surface area contributed by atoms with Gasteiger partial charge in [0.25, 0.3) is 5.91 Å². The standard InChI is InChI=1S/C10H13N3O6/c14-5-1-6(9(17)18)12(3-5)8(16)4-13-7(15)2-11-10(13)19/h5-6,14H,1-4H2,(H,11,19)(H,17,18). The van der Waals surface area contributed by atoms with E-state index in [2.05, 4.69) is 5.32 Å². The van der Waals surface area contributed by atoms with E-state index in [0.717, 1.165) is 9.80 Å². The van der Waals surface area contributed by atoms with E-state index < -0.39 is 42.5 Å². The molecule has 2 aliphatic heterocycles. The third-order valence-electron chi connectivity index (χ3n) is 3.11. The number of carbonyl (C=O) groups is 4. The van der Waals surface area contributed by atoms with Crippen LogP contribution >= 0.6 is 0 Å². The van der Waals surface area contributed by atoms with Crippen LogP contribution in [0.3, 0.4) is 0 Å². The van der Waals surface area contributed by atoms with Crippen LogP contribution in [0.15, 0.2) is 0 Å². The molecule has 0 aromatic heterocycles. The molecule has 19 heavy (non-hydrogen) atoms. The first-order valence-corrected chi connectivity index (χ1v) is 5.68. The minimum absolute atomic E-state index is 0.0543. The lowest BCUT2D eigenvalue weighted by atomic mass is 10.2. The highest BCUT2D eigenvalue weighted by atomic mass is 16.4. The van der Waals surface area contributed by atoms with E-state index in [4.69, 9.17) is 5.11 Å². The summed E-state index contributed by atoms with van der Waals surface area (Å²) in [5, 5.41) is 20.6. The average Bonchev–Trinajstić information content (AvgIpc) is 2.87. The lowest BCUT2D eigenvalue weighted by Crippen LogP contribution is -2.47. The maximum Gasteiger partial charge on any atom is 0.326 e. The zero-order chi connectivity index (χ0) is 14.2. The number of carbonyl (C=O) groups excluding carboxylic acids is 3. The smallest absolute Gasteiger partial charge is 0.326 e. The molecule has 0 spiro atoms. The fraction of sp³-hybridized carbons (Fsp3) is 0.600. The van der Waals surface area contributed by atoms with Gasteiger partial charge in [-0.2, -0.15) is 0 Å². The molecule has 2 unspecified atom stereocenters. The molecule has 2 heterocycles. The molecule has 0 aliphatic carbocycles. The summed E-state index contributed by atoms with van der Waals surface area (Å²) in [5.74, 6) is -2.43. The Balaban J connectivity index is 2.05. The van der Waals surface area contributed by atoms with Crippen LogP contribution in [-0.4, -0.2) is 75.6 Å². The summed E-state index contributed by atoms with van der Waals surface area (Å²) in [7, 11) is 0. The van der Waals surface area contributed by atoms with Crippen LogP contribution in [0, 0.1) is 0 Å². The number of β-amino-alcohol motifs (C(OH)–C–C–N with tert-alkyl or cyclic N) is 1. The lowest BCUT2D eigenvalue weighted by Gasteiger charge is -2.23. The highest BCUT2D eigenvalue weighted by molar-refractivity contribution is 6.04. The molecule has 2 saturated heterocycles. The predicted octanol–water partition coefficient (Wildman–Crippen LogP) is -2.42. The van der Waals surface area contributed by atoms with Gasteiger partial charge in [0.15, 0.2) is 0 Å². The van der Waals surface area contributed by atoms with Crippen molar-refractivity contribution in [2.45, 2.75) is 18.6 Å². The van der Waals surface area contributed by atoms with Gasteiger partial charge in [0, 0.05) is 13.0 Å². The number of amides is 4. The normalized spacial score (nSPS) is 26.8. The second-order valence-electron chi connectivity index (χ2n) is 4.43. The summed E-state index contributed by atoms with van der Waals surface area (Å²) in [6, 6.07) is -1.80. The summed E-state index contributed by atoms with van der Waals surface area (Å²) < 4.78 is 0. The Hall–Kier alpha value is -2.16. The number of urea groups is 1. The van der Waals surface area contributed by atoms with Crippen molar-refractivity contribution in [1.82, 2.24) is 15.1 Å². The molecule has 0 aromatic carbocycles. The number of hydrogen-bond acceptors (Lipinski definition) is 5. The number of hydrogen-bond donors (Lipinski definition) is 3. The minimum Gasteiger partial charge on any atom is -0.480 e. The van der Waals surface area contributed by atoms with Crippen molar-refractivity contribution < 1.29 is 29.4 Å². The molecule has 0 bridgehead atoms. The number of nitrogens with one attached hydrogen (secondary N) is 1. The quantitative estimate of drug-likeness (QED) is 0.490. The van der Waals surface area contributed by atoms with E-state index in [1.54, 1.807) is 0 Å². The van der Waals surface area contributed by atoms with Crippen molar-refractivity contribution in [2.75, 3.05) is 19.6 Å². The Kier molecular flexibility index (Phi) is 3.38. The van der Waals surface area contributed by atoms with Gasteiger partial charge in [-0.05, 0) is 0 Å². The van der Waals surface area contributed by atoms with Gasteiger partial charge < -0.3 is 20.4 Å². The number of aliphatic carboxylic acids is 1. The lowest BCUT2D eigenvalue weighted by molar-refractivity contribution is -0.148. The highest BCUT2D eigenvalue weighted by Crippen LogP contribution is 2.18. The van der Waals surface area contributed by atoms with Crippen LogP contribution in [0.25, 0.3) is 0 Å². The second kappa shape index (κ2) is 4.84. The number of nitrogens with zero attached hydrogens (tertiary/aromatic N) is 2. The van der Waals surface area contributed by atoms with E-state index in [9.17, 15) is 24.3 Å². The molecule has 0 aromatic rings. The molecule has 2 atom stereocenters. The van der Waals surface area contributed by atoms with Crippen molar-refractivity contribution in [2.24, 2.45) is 0 Å². The Morgan fingerprint density at radius 2 is 2.05 bits per heavy atom. The molecule has 2 fully saturated rings. The Morgan fingerprint density at radius 3 is 2.58 bits per heavy atom. The van der Waals surface area contributed by atoms with E-state index in [1.165, 1.54) is 0 Å². The van der Waals surface area contributed by atoms with Gasteiger partial charge in [-0.3, -0.25) is 14.5 Å². The zero-order valence-corrected chi connectivity index (χ0v) is 9.90. The summed E-state index contributed by atoms with van der Waals surface area (Å²) in [6.45, 7) is -0.794. The van der Waals surface area contributed by atoms with Crippen molar-refractivity contribution in [3.8, 4) is 0 Å². The predicted molar refractivity (Wildman–Crippen MR) is 58.9 cm³/mol. The summed E-state index contributed by atoms with van der Waals surface area (Å²) >= 11 is 0. The molecule has 104 valence electrons. The van der Waals surface area contributed by atoms with Crippen molar-refractivity contribution in [3.05, 3.63) is 0 Å². The Labute approximate surface area is 107 Å². The van der Waals surface area contributed by atoms with Gasteiger partial charge in [-0.1, -0.05) is 0 Å². The van der Waals surface area contributed by atoms with Gasteiger partial charge >= 0.3 is 12.0 Å². The Morgan fingerprint density at radius 1 is 1.37 bits per heavy atom. The molecular weight excluding hydrogens is 258 g/mol. The van der Waals surface area contributed by atoms with E-state index >= 15 is 0 Å². The number of likely N-dealkylation sites (tertiary alicyclic amines) is 1. The molecule has 3 N–H and O–H groups in total. The SMILES string of the molecule is O=C(O)C1CC(O)CN1C(=O)CN1C(=O)CNC1=O.